The van der Waals surface area contributed by atoms with Crippen molar-refractivity contribution in [3.05, 3.63) is 23.4 Å². The highest BCUT2D eigenvalue weighted by Gasteiger charge is 2.34. The zero-order chi connectivity index (χ0) is 15.5. The summed E-state index contributed by atoms with van der Waals surface area (Å²) in [4.78, 5) is 14.6. The Morgan fingerprint density at radius 2 is 2.19 bits per heavy atom. The van der Waals surface area contributed by atoms with Gasteiger partial charge in [-0.05, 0) is 31.4 Å². The van der Waals surface area contributed by atoms with E-state index in [2.05, 4.69) is 4.98 Å². The molecule has 1 atom stereocenters. The van der Waals surface area contributed by atoms with Gasteiger partial charge in [-0.3, -0.25) is 4.79 Å². The molecule has 1 aliphatic rings. The molecule has 1 fully saturated rings. The Balaban J connectivity index is 2.16. The van der Waals surface area contributed by atoms with Crippen LogP contribution in [0.4, 0.5) is 13.2 Å². The van der Waals surface area contributed by atoms with Crippen molar-refractivity contribution >= 4 is 5.91 Å². The highest BCUT2D eigenvalue weighted by atomic mass is 19.4. The second-order valence-electron chi connectivity index (χ2n) is 4.71. The Hall–Kier alpha value is -1.83. The normalized spacial score (nSPS) is 19.3. The average Bonchev–Trinajstić information content (AvgIpc) is 2.45. The van der Waals surface area contributed by atoms with Gasteiger partial charge in [0.1, 0.15) is 17.9 Å². The van der Waals surface area contributed by atoms with Gasteiger partial charge in [-0.1, -0.05) is 0 Å². The summed E-state index contributed by atoms with van der Waals surface area (Å²) in [6, 6.07) is 1.67. The molecule has 1 aliphatic heterocycles. The minimum absolute atomic E-state index is 0.0363. The van der Waals surface area contributed by atoms with Gasteiger partial charge in [0, 0.05) is 6.61 Å². The van der Waals surface area contributed by atoms with Gasteiger partial charge in [-0.25, -0.2) is 4.98 Å². The number of amides is 1. The minimum Gasteiger partial charge on any atom is -0.474 e. The summed E-state index contributed by atoms with van der Waals surface area (Å²) >= 11 is 0. The number of alkyl halides is 3. The van der Waals surface area contributed by atoms with Crippen molar-refractivity contribution < 1.29 is 27.4 Å². The SMILES string of the molecule is NC(=O)c1ccc(C(F)(F)F)nc1OCC1CCCCO1. The van der Waals surface area contributed by atoms with Crippen molar-refractivity contribution in [3.63, 3.8) is 0 Å². The lowest BCUT2D eigenvalue weighted by molar-refractivity contribution is -0.141. The Morgan fingerprint density at radius 3 is 2.76 bits per heavy atom. The van der Waals surface area contributed by atoms with E-state index in [4.69, 9.17) is 15.2 Å². The predicted molar refractivity (Wildman–Crippen MR) is 66.8 cm³/mol. The van der Waals surface area contributed by atoms with Gasteiger partial charge in [-0.15, -0.1) is 0 Å². The minimum atomic E-state index is -4.62. The molecule has 2 rings (SSSR count). The highest BCUT2D eigenvalue weighted by Crippen LogP contribution is 2.30. The van der Waals surface area contributed by atoms with Crippen LogP contribution >= 0.6 is 0 Å². The fourth-order valence-corrected chi connectivity index (χ4v) is 2.01. The number of halogens is 3. The molecule has 116 valence electrons. The van der Waals surface area contributed by atoms with E-state index in [1.807, 2.05) is 0 Å². The third-order valence-corrected chi connectivity index (χ3v) is 3.10. The maximum atomic E-state index is 12.6. The van der Waals surface area contributed by atoms with Gasteiger partial charge in [0.25, 0.3) is 5.91 Å². The van der Waals surface area contributed by atoms with Gasteiger partial charge in [-0.2, -0.15) is 13.2 Å². The summed E-state index contributed by atoms with van der Waals surface area (Å²) in [5.41, 5.74) is 3.80. The first kappa shape index (κ1) is 15.6. The summed E-state index contributed by atoms with van der Waals surface area (Å²) in [5.74, 6) is -1.30. The molecule has 0 bridgehead atoms. The number of nitrogens with zero attached hydrogens (tertiary/aromatic N) is 1. The van der Waals surface area contributed by atoms with Crippen molar-refractivity contribution in [1.29, 1.82) is 0 Å². The molecule has 1 unspecified atom stereocenters. The summed E-state index contributed by atoms with van der Waals surface area (Å²) in [7, 11) is 0. The molecular formula is C13H15F3N2O3. The number of carbonyl (C=O) groups is 1. The van der Waals surface area contributed by atoms with E-state index in [0.717, 1.165) is 25.3 Å². The summed E-state index contributed by atoms with van der Waals surface area (Å²) in [6.45, 7) is 0.626. The van der Waals surface area contributed by atoms with E-state index in [0.29, 0.717) is 12.7 Å². The summed E-state index contributed by atoms with van der Waals surface area (Å²) < 4.78 is 48.6. The number of primary amides is 1. The molecule has 1 saturated heterocycles. The first-order chi connectivity index (χ1) is 9.88. The molecule has 1 amide bonds. The zero-order valence-electron chi connectivity index (χ0n) is 11.2. The molecule has 0 aromatic carbocycles. The number of hydrogen-bond donors (Lipinski definition) is 1. The number of nitrogens with two attached hydrogens (primary N) is 1. The molecule has 21 heavy (non-hydrogen) atoms. The topological polar surface area (TPSA) is 74.4 Å². The van der Waals surface area contributed by atoms with Crippen LogP contribution in [0.15, 0.2) is 12.1 Å². The second-order valence-corrected chi connectivity index (χ2v) is 4.71. The average molecular weight is 304 g/mol. The second kappa shape index (κ2) is 6.30. The van der Waals surface area contributed by atoms with E-state index in [1.165, 1.54) is 0 Å². The van der Waals surface area contributed by atoms with Crippen LogP contribution in [0.3, 0.4) is 0 Å². The van der Waals surface area contributed by atoms with Gasteiger partial charge in [0.2, 0.25) is 5.88 Å². The third kappa shape index (κ3) is 4.07. The maximum Gasteiger partial charge on any atom is 0.433 e. The van der Waals surface area contributed by atoms with Gasteiger partial charge in [0.15, 0.2) is 0 Å². The van der Waals surface area contributed by atoms with Crippen LogP contribution in [-0.4, -0.2) is 30.2 Å². The Bertz CT molecular complexity index is 514. The first-order valence-electron chi connectivity index (χ1n) is 6.50. The molecule has 0 saturated carbocycles. The van der Waals surface area contributed by atoms with Crippen LogP contribution < -0.4 is 10.5 Å². The van der Waals surface area contributed by atoms with Crippen molar-refractivity contribution in [3.8, 4) is 5.88 Å². The van der Waals surface area contributed by atoms with Gasteiger partial charge >= 0.3 is 6.18 Å². The van der Waals surface area contributed by atoms with E-state index >= 15 is 0 Å². The number of rotatable bonds is 4. The Kier molecular flexibility index (Phi) is 4.66. The van der Waals surface area contributed by atoms with Crippen LogP contribution in [0.25, 0.3) is 0 Å². The number of carbonyl (C=O) groups excluding carboxylic acids is 1. The fraction of sp³-hybridized carbons (Fsp3) is 0.538. The van der Waals surface area contributed by atoms with Gasteiger partial charge < -0.3 is 15.2 Å². The quantitative estimate of drug-likeness (QED) is 0.925. The van der Waals surface area contributed by atoms with E-state index in [9.17, 15) is 18.0 Å². The molecule has 0 spiro atoms. The molecule has 1 aromatic rings. The largest absolute Gasteiger partial charge is 0.474 e. The van der Waals surface area contributed by atoms with Crippen molar-refractivity contribution in [1.82, 2.24) is 4.98 Å². The van der Waals surface area contributed by atoms with Crippen LogP contribution in [0.1, 0.15) is 35.3 Å². The van der Waals surface area contributed by atoms with Crippen LogP contribution in [0.2, 0.25) is 0 Å². The predicted octanol–water partition coefficient (Wildman–Crippen LogP) is 2.15. The fourth-order valence-electron chi connectivity index (χ4n) is 2.01. The lowest BCUT2D eigenvalue weighted by Gasteiger charge is -2.22. The number of ether oxygens (including phenoxy) is 2. The van der Waals surface area contributed by atoms with Crippen molar-refractivity contribution in [2.24, 2.45) is 5.73 Å². The highest BCUT2D eigenvalue weighted by molar-refractivity contribution is 5.95. The van der Waals surface area contributed by atoms with Crippen LogP contribution in [-0.2, 0) is 10.9 Å². The molecular weight excluding hydrogens is 289 g/mol. The summed E-state index contributed by atoms with van der Waals surface area (Å²) in [6.07, 6.45) is -2.16. The molecule has 2 heterocycles. The standard InChI is InChI=1S/C13H15F3N2O3/c14-13(15,16)10-5-4-9(11(17)19)12(18-10)21-7-8-3-1-2-6-20-8/h4-5,8H,1-3,6-7H2,(H2,17,19). The smallest absolute Gasteiger partial charge is 0.433 e. The van der Waals surface area contributed by atoms with E-state index < -0.39 is 23.7 Å². The zero-order valence-corrected chi connectivity index (χ0v) is 11.2. The number of hydrogen-bond acceptors (Lipinski definition) is 4. The third-order valence-electron chi connectivity index (χ3n) is 3.10. The first-order valence-corrected chi connectivity index (χ1v) is 6.50. The van der Waals surface area contributed by atoms with E-state index in [1.54, 1.807) is 0 Å². The lowest BCUT2D eigenvalue weighted by atomic mass is 10.1. The number of pyridine rings is 1. The van der Waals surface area contributed by atoms with Crippen molar-refractivity contribution in [2.45, 2.75) is 31.5 Å². The molecule has 2 N–H and O–H groups in total. The molecule has 8 heteroatoms. The lowest BCUT2D eigenvalue weighted by Crippen LogP contribution is -2.27. The Morgan fingerprint density at radius 1 is 1.43 bits per heavy atom. The number of aromatic nitrogens is 1. The monoisotopic (exact) mass is 304 g/mol. The molecule has 1 aromatic heterocycles. The molecule has 5 nitrogen and oxygen atoms in total. The molecule has 0 aliphatic carbocycles. The van der Waals surface area contributed by atoms with Crippen molar-refractivity contribution in [2.75, 3.05) is 13.2 Å². The van der Waals surface area contributed by atoms with Crippen LogP contribution in [0.5, 0.6) is 5.88 Å². The Labute approximate surface area is 119 Å². The van der Waals surface area contributed by atoms with E-state index in [-0.39, 0.29) is 18.3 Å². The van der Waals surface area contributed by atoms with Crippen LogP contribution in [0, 0.1) is 0 Å². The van der Waals surface area contributed by atoms with Gasteiger partial charge in [0.05, 0.1) is 6.10 Å². The molecule has 0 radical (unpaired) electrons. The maximum absolute atomic E-state index is 12.6. The summed E-state index contributed by atoms with van der Waals surface area (Å²) in [5, 5.41) is 0.